The molecule has 0 aliphatic carbocycles. The van der Waals surface area contributed by atoms with Gasteiger partial charge in [-0.1, -0.05) is 18.2 Å². The lowest BCUT2D eigenvalue weighted by molar-refractivity contribution is -0.133. The van der Waals surface area contributed by atoms with Gasteiger partial charge in [-0.25, -0.2) is 0 Å². The van der Waals surface area contributed by atoms with Crippen LogP contribution in [0.25, 0.3) is 0 Å². The summed E-state index contributed by atoms with van der Waals surface area (Å²) in [4.78, 5) is 13.7. The number of nitrogens with one attached hydrogen (secondary N) is 1. The summed E-state index contributed by atoms with van der Waals surface area (Å²) in [6.07, 6.45) is 2.13. The molecule has 0 spiro atoms. The van der Waals surface area contributed by atoms with Gasteiger partial charge in [0, 0.05) is 24.8 Å². The Hall–Kier alpha value is -1.26. The van der Waals surface area contributed by atoms with Crippen molar-refractivity contribution in [2.75, 3.05) is 18.4 Å². The zero-order valence-corrected chi connectivity index (χ0v) is 12.0. The van der Waals surface area contributed by atoms with E-state index in [1.807, 2.05) is 35.2 Å². The molecule has 5 heteroatoms. The molecule has 1 aliphatic heterocycles. The molecule has 1 aliphatic rings. The van der Waals surface area contributed by atoms with E-state index in [2.05, 4.69) is 5.32 Å². The van der Waals surface area contributed by atoms with Gasteiger partial charge in [-0.2, -0.15) is 0 Å². The number of hydrogen-bond donors (Lipinski definition) is 2. The normalized spacial score (nSPS) is 20.3. The summed E-state index contributed by atoms with van der Waals surface area (Å²) in [6, 6.07) is 10.0. The molecular formula is C14H22ClN3O. The molecule has 3 N–H and O–H groups in total. The number of rotatable bonds is 3. The number of nitrogens with two attached hydrogens (primary N) is 1. The fraction of sp³-hybridized carbons (Fsp3) is 0.500. The Bertz CT molecular complexity index is 397. The largest absolute Gasteiger partial charge is 0.381 e. The van der Waals surface area contributed by atoms with Crippen molar-refractivity contribution in [3.8, 4) is 0 Å². The third kappa shape index (κ3) is 4.40. The lowest BCUT2D eigenvalue weighted by Gasteiger charge is -2.34. The molecule has 0 radical (unpaired) electrons. The third-order valence-electron chi connectivity index (χ3n) is 3.27. The number of halogens is 1. The molecule has 106 valence electrons. The second-order valence-electron chi connectivity index (χ2n) is 4.92. The first-order valence-corrected chi connectivity index (χ1v) is 6.53. The third-order valence-corrected chi connectivity index (χ3v) is 3.27. The number of hydrogen-bond acceptors (Lipinski definition) is 3. The van der Waals surface area contributed by atoms with Gasteiger partial charge in [-0.15, -0.1) is 12.4 Å². The molecule has 19 heavy (non-hydrogen) atoms. The van der Waals surface area contributed by atoms with Gasteiger partial charge in [0.15, 0.2) is 0 Å². The maximum atomic E-state index is 11.9. The highest BCUT2D eigenvalue weighted by molar-refractivity contribution is 5.85. The van der Waals surface area contributed by atoms with Crippen molar-refractivity contribution in [1.82, 2.24) is 4.90 Å². The van der Waals surface area contributed by atoms with Crippen LogP contribution in [0.15, 0.2) is 30.3 Å². The number of likely N-dealkylation sites (tertiary alicyclic amines) is 1. The van der Waals surface area contributed by atoms with Crippen LogP contribution in [0.1, 0.15) is 19.8 Å². The molecule has 0 bridgehead atoms. The van der Waals surface area contributed by atoms with Crippen LogP contribution in [0, 0.1) is 0 Å². The van der Waals surface area contributed by atoms with Crippen molar-refractivity contribution in [1.29, 1.82) is 0 Å². The van der Waals surface area contributed by atoms with Crippen molar-refractivity contribution in [2.24, 2.45) is 5.73 Å². The predicted octanol–water partition coefficient (Wildman–Crippen LogP) is 1.86. The quantitative estimate of drug-likeness (QED) is 0.890. The first kappa shape index (κ1) is 15.8. The number of para-hydroxylation sites is 1. The van der Waals surface area contributed by atoms with Gasteiger partial charge in [0.2, 0.25) is 5.91 Å². The van der Waals surface area contributed by atoms with Crippen LogP contribution in [0.4, 0.5) is 5.69 Å². The van der Waals surface area contributed by atoms with Gasteiger partial charge in [-0.3, -0.25) is 4.79 Å². The highest BCUT2D eigenvalue weighted by Crippen LogP contribution is 2.16. The zero-order valence-electron chi connectivity index (χ0n) is 11.2. The van der Waals surface area contributed by atoms with E-state index in [9.17, 15) is 4.79 Å². The molecule has 1 aromatic rings. The number of anilines is 1. The molecule has 2 rings (SSSR count). The molecule has 1 amide bonds. The first-order chi connectivity index (χ1) is 8.66. The standard InChI is InChI=1S/C14H21N3O.ClH/c1-11(15)14(18)17-9-5-8-13(10-17)16-12-6-3-2-4-7-12;/h2-4,6-7,11,13,16H,5,8-10,15H2,1H3;1H. The molecule has 0 saturated carbocycles. The summed E-state index contributed by atoms with van der Waals surface area (Å²) in [6.45, 7) is 3.32. The number of piperidine rings is 1. The fourth-order valence-corrected chi connectivity index (χ4v) is 2.35. The minimum Gasteiger partial charge on any atom is -0.381 e. The molecule has 1 saturated heterocycles. The maximum Gasteiger partial charge on any atom is 0.239 e. The van der Waals surface area contributed by atoms with Crippen LogP contribution < -0.4 is 11.1 Å². The molecule has 2 unspecified atom stereocenters. The van der Waals surface area contributed by atoms with Crippen LogP contribution in [0.3, 0.4) is 0 Å². The van der Waals surface area contributed by atoms with Crippen LogP contribution in [-0.4, -0.2) is 36.0 Å². The van der Waals surface area contributed by atoms with E-state index in [1.165, 1.54) is 0 Å². The molecule has 4 nitrogen and oxygen atoms in total. The zero-order chi connectivity index (χ0) is 13.0. The number of amides is 1. The maximum absolute atomic E-state index is 11.9. The Kier molecular flexibility index (Phi) is 6.12. The Morgan fingerprint density at radius 1 is 1.42 bits per heavy atom. The molecule has 2 atom stereocenters. The summed E-state index contributed by atoms with van der Waals surface area (Å²) in [5.41, 5.74) is 6.76. The van der Waals surface area contributed by atoms with Crippen molar-refractivity contribution in [2.45, 2.75) is 31.8 Å². The summed E-state index contributed by atoms with van der Waals surface area (Å²) < 4.78 is 0. The minimum absolute atomic E-state index is 0. The van der Waals surface area contributed by atoms with Gasteiger partial charge in [0.1, 0.15) is 0 Å². The van der Waals surface area contributed by atoms with E-state index >= 15 is 0 Å². The highest BCUT2D eigenvalue weighted by Gasteiger charge is 2.25. The van der Waals surface area contributed by atoms with Crippen LogP contribution in [0.2, 0.25) is 0 Å². The van der Waals surface area contributed by atoms with E-state index in [-0.39, 0.29) is 18.3 Å². The van der Waals surface area contributed by atoms with Crippen LogP contribution in [-0.2, 0) is 4.79 Å². The molecule has 0 aromatic heterocycles. The van der Waals surface area contributed by atoms with E-state index in [0.717, 1.165) is 31.6 Å². The second-order valence-corrected chi connectivity index (χ2v) is 4.92. The number of carbonyl (C=O) groups is 1. The Balaban J connectivity index is 0.00000180. The Morgan fingerprint density at radius 2 is 2.11 bits per heavy atom. The number of benzene rings is 1. The summed E-state index contributed by atoms with van der Waals surface area (Å²) in [5, 5.41) is 3.47. The van der Waals surface area contributed by atoms with Gasteiger partial charge in [0.05, 0.1) is 6.04 Å². The van der Waals surface area contributed by atoms with Gasteiger partial charge in [0.25, 0.3) is 0 Å². The molecule has 1 heterocycles. The predicted molar refractivity (Wildman–Crippen MR) is 80.6 cm³/mol. The number of carbonyl (C=O) groups excluding carboxylic acids is 1. The number of nitrogens with zero attached hydrogens (tertiary/aromatic N) is 1. The Morgan fingerprint density at radius 3 is 2.74 bits per heavy atom. The highest BCUT2D eigenvalue weighted by atomic mass is 35.5. The van der Waals surface area contributed by atoms with Crippen molar-refractivity contribution < 1.29 is 4.79 Å². The Labute approximate surface area is 120 Å². The van der Waals surface area contributed by atoms with Crippen molar-refractivity contribution in [3.05, 3.63) is 30.3 Å². The summed E-state index contributed by atoms with van der Waals surface area (Å²) in [7, 11) is 0. The van der Waals surface area contributed by atoms with E-state index < -0.39 is 6.04 Å². The van der Waals surface area contributed by atoms with E-state index in [4.69, 9.17) is 5.73 Å². The molecule has 1 aromatic carbocycles. The summed E-state index contributed by atoms with van der Waals surface area (Å²) in [5.74, 6) is 0.0505. The van der Waals surface area contributed by atoms with Crippen molar-refractivity contribution >= 4 is 24.0 Å². The first-order valence-electron chi connectivity index (χ1n) is 6.53. The molecular weight excluding hydrogens is 262 g/mol. The average molecular weight is 284 g/mol. The SMILES string of the molecule is CC(N)C(=O)N1CCCC(Nc2ccccc2)C1.Cl. The van der Waals surface area contributed by atoms with Crippen molar-refractivity contribution in [3.63, 3.8) is 0 Å². The smallest absolute Gasteiger partial charge is 0.239 e. The van der Waals surface area contributed by atoms with Gasteiger partial charge >= 0.3 is 0 Å². The lowest BCUT2D eigenvalue weighted by Crippen LogP contribution is -2.50. The van der Waals surface area contributed by atoms with Gasteiger partial charge in [-0.05, 0) is 31.9 Å². The fourth-order valence-electron chi connectivity index (χ4n) is 2.35. The molecule has 1 fully saturated rings. The van der Waals surface area contributed by atoms with E-state index in [0.29, 0.717) is 6.04 Å². The van der Waals surface area contributed by atoms with Gasteiger partial charge < -0.3 is 16.0 Å². The lowest BCUT2D eigenvalue weighted by atomic mass is 10.0. The second kappa shape index (κ2) is 7.36. The monoisotopic (exact) mass is 283 g/mol. The topological polar surface area (TPSA) is 58.4 Å². The minimum atomic E-state index is -0.402. The summed E-state index contributed by atoms with van der Waals surface area (Å²) >= 11 is 0. The average Bonchev–Trinajstić information content (AvgIpc) is 2.39. The van der Waals surface area contributed by atoms with E-state index in [1.54, 1.807) is 6.92 Å². The van der Waals surface area contributed by atoms with Crippen LogP contribution in [0.5, 0.6) is 0 Å². The van der Waals surface area contributed by atoms with Crippen LogP contribution >= 0.6 is 12.4 Å².